The lowest BCUT2D eigenvalue weighted by Gasteiger charge is -2.05. The Morgan fingerprint density at radius 3 is 2.84 bits per heavy atom. The van der Waals surface area contributed by atoms with Gasteiger partial charge in [-0.1, -0.05) is 18.2 Å². The fourth-order valence-corrected chi connectivity index (χ4v) is 2.53. The molecule has 3 aromatic rings. The maximum Gasteiger partial charge on any atom is 0.208 e. The number of hydrogen-bond donors (Lipinski definition) is 1. The Morgan fingerprint density at radius 1 is 1.21 bits per heavy atom. The van der Waals surface area contributed by atoms with Gasteiger partial charge in [-0.25, -0.2) is 4.39 Å². The third-order valence-electron chi connectivity index (χ3n) is 2.79. The van der Waals surface area contributed by atoms with Crippen molar-refractivity contribution in [2.24, 2.45) is 5.73 Å². The number of fused-ring (bicyclic) bond motifs is 1. The van der Waals surface area contributed by atoms with Crippen molar-refractivity contribution in [1.29, 1.82) is 0 Å². The molecule has 0 saturated heterocycles. The van der Waals surface area contributed by atoms with Crippen molar-refractivity contribution in [3.8, 4) is 10.8 Å². The van der Waals surface area contributed by atoms with Crippen LogP contribution in [0.1, 0.15) is 5.56 Å². The van der Waals surface area contributed by atoms with Crippen LogP contribution < -0.4 is 10.5 Å². The van der Waals surface area contributed by atoms with Gasteiger partial charge in [0.05, 0.1) is 10.9 Å². The van der Waals surface area contributed by atoms with Crippen molar-refractivity contribution in [3.63, 3.8) is 0 Å². The van der Waals surface area contributed by atoms with Gasteiger partial charge >= 0.3 is 0 Å². The van der Waals surface area contributed by atoms with Gasteiger partial charge in [0, 0.05) is 18.1 Å². The molecule has 0 amide bonds. The smallest absolute Gasteiger partial charge is 0.208 e. The average molecular weight is 274 g/mol. The van der Waals surface area contributed by atoms with Crippen LogP contribution in [0.5, 0.6) is 10.8 Å². The zero-order chi connectivity index (χ0) is 13.2. The Balaban J connectivity index is 1.97. The molecule has 0 aliphatic carbocycles. The average Bonchev–Trinajstić information content (AvgIpc) is 2.84. The third kappa shape index (κ3) is 2.30. The summed E-state index contributed by atoms with van der Waals surface area (Å²) in [5.41, 5.74) is 7.05. The summed E-state index contributed by atoms with van der Waals surface area (Å²) in [4.78, 5) is 0. The van der Waals surface area contributed by atoms with E-state index in [1.807, 2.05) is 24.3 Å². The summed E-state index contributed by atoms with van der Waals surface area (Å²) in [6.45, 7) is 0.306. The fourth-order valence-electron chi connectivity index (χ4n) is 1.79. The van der Waals surface area contributed by atoms with Crippen molar-refractivity contribution >= 4 is 22.4 Å². The van der Waals surface area contributed by atoms with E-state index in [1.54, 1.807) is 12.1 Å². The summed E-state index contributed by atoms with van der Waals surface area (Å²) in [6, 6.07) is 12.3. The molecule has 0 bridgehead atoms. The lowest BCUT2D eigenvalue weighted by Crippen LogP contribution is -1.97. The van der Waals surface area contributed by atoms with Crippen LogP contribution in [0.25, 0.3) is 10.9 Å². The van der Waals surface area contributed by atoms with Crippen LogP contribution >= 0.6 is 11.5 Å². The van der Waals surface area contributed by atoms with Gasteiger partial charge in [0.15, 0.2) is 11.6 Å². The van der Waals surface area contributed by atoms with E-state index in [0.717, 1.165) is 16.5 Å². The first-order valence-electron chi connectivity index (χ1n) is 5.78. The molecule has 1 aromatic heterocycles. The molecule has 1 heterocycles. The molecular formula is C14H11FN2OS. The van der Waals surface area contributed by atoms with E-state index in [0.29, 0.717) is 11.6 Å². The second-order valence-electron chi connectivity index (χ2n) is 4.06. The minimum Gasteiger partial charge on any atom is -0.441 e. The Hall–Kier alpha value is -1.98. The standard InChI is InChI=1S/C14H11FN2OS/c15-11-7-9(8-16)5-6-13(11)18-14-10-3-1-2-4-12(10)17-19-14/h1-7H,8,16H2. The predicted molar refractivity (Wildman–Crippen MR) is 74.0 cm³/mol. The molecule has 3 nitrogen and oxygen atoms in total. The molecule has 19 heavy (non-hydrogen) atoms. The number of hydrogen-bond acceptors (Lipinski definition) is 4. The summed E-state index contributed by atoms with van der Waals surface area (Å²) in [7, 11) is 0. The second-order valence-corrected chi connectivity index (χ2v) is 4.79. The highest BCUT2D eigenvalue weighted by molar-refractivity contribution is 7.09. The number of rotatable bonds is 3. The quantitative estimate of drug-likeness (QED) is 0.792. The highest BCUT2D eigenvalue weighted by atomic mass is 32.1. The number of nitrogens with two attached hydrogens (primary N) is 1. The van der Waals surface area contributed by atoms with Gasteiger partial charge in [-0.15, -0.1) is 0 Å². The zero-order valence-corrected chi connectivity index (χ0v) is 10.8. The van der Waals surface area contributed by atoms with Crippen LogP contribution in [0, 0.1) is 5.82 Å². The van der Waals surface area contributed by atoms with E-state index in [-0.39, 0.29) is 5.75 Å². The van der Waals surface area contributed by atoms with E-state index in [4.69, 9.17) is 10.5 Å². The largest absolute Gasteiger partial charge is 0.441 e. The summed E-state index contributed by atoms with van der Waals surface area (Å²) >= 11 is 1.21. The lowest BCUT2D eigenvalue weighted by molar-refractivity contribution is 0.455. The normalized spacial score (nSPS) is 10.8. The molecule has 0 radical (unpaired) electrons. The van der Waals surface area contributed by atoms with Crippen LogP contribution in [0.2, 0.25) is 0 Å². The minimum atomic E-state index is -0.416. The van der Waals surface area contributed by atoms with E-state index >= 15 is 0 Å². The highest BCUT2D eigenvalue weighted by Gasteiger charge is 2.10. The molecular weight excluding hydrogens is 263 g/mol. The predicted octanol–water partition coefficient (Wildman–Crippen LogP) is 3.69. The SMILES string of the molecule is NCc1ccc(Oc2snc3ccccc23)c(F)c1. The molecule has 5 heteroatoms. The van der Waals surface area contributed by atoms with E-state index in [9.17, 15) is 4.39 Å². The van der Waals surface area contributed by atoms with Crippen molar-refractivity contribution in [3.05, 3.63) is 53.8 Å². The minimum absolute atomic E-state index is 0.187. The number of halogens is 1. The number of ether oxygens (including phenoxy) is 1. The maximum absolute atomic E-state index is 13.8. The van der Waals surface area contributed by atoms with Gasteiger partial charge in [0.25, 0.3) is 0 Å². The van der Waals surface area contributed by atoms with Gasteiger partial charge in [-0.3, -0.25) is 0 Å². The van der Waals surface area contributed by atoms with Gasteiger partial charge in [0.1, 0.15) is 0 Å². The van der Waals surface area contributed by atoms with Gasteiger partial charge in [-0.05, 0) is 29.8 Å². The lowest BCUT2D eigenvalue weighted by atomic mass is 10.2. The molecule has 0 saturated carbocycles. The van der Waals surface area contributed by atoms with E-state index in [2.05, 4.69) is 4.37 Å². The topological polar surface area (TPSA) is 48.1 Å². The molecule has 2 N–H and O–H groups in total. The van der Waals surface area contributed by atoms with E-state index in [1.165, 1.54) is 17.6 Å². The van der Waals surface area contributed by atoms with Gasteiger partial charge in [0.2, 0.25) is 5.06 Å². The summed E-state index contributed by atoms with van der Waals surface area (Å²) < 4.78 is 23.7. The number of benzene rings is 2. The summed E-state index contributed by atoms with van der Waals surface area (Å²) in [6.07, 6.45) is 0. The maximum atomic E-state index is 13.8. The monoisotopic (exact) mass is 274 g/mol. The van der Waals surface area contributed by atoms with Crippen LogP contribution in [0.3, 0.4) is 0 Å². The second kappa shape index (κ2) is 4.95. The van der Waals surface area contributed by atoms with E-state index < -0.39 is 5.82 Å². The first-order chi connectivity index (χ1) is 9.28. The van der Waals surface area contributed by atoms with Gasteiger partial charge < -0.3 is 10.5 Å². The van der Waals surface area contributed by atoms with Crippen molar-refractivity contribution in [1.82, 2.24) is 4.37 Å². The van der Waals surface area contributed by atoms with Crippen LogP contribution in [-0.4, -0.2) is 4.37 Å². The highest BCUT2D eigenvalue weighted by Crippen LogP contribution is 2.34. The molecule has 96 valence electrons. The van der Waals surface area contributed by atoms with Gasteiger partial charge in [-0.2, -0.15) is 4.37 Å². The number of nitrogens with zero attached hydrogens (tertiary/aromatic N) is 1. The van der Waals surface area contributed by atoms with Crippen LogP contribution in [-0.2, 0) is 6.54 Å². The Labute approximate surface area is 113 Å². The molecule has 0 fully saturated rings. The molecule has 0 unspecified atom stereocenters. The van der Waals surface area contributed by atoms with Crippen molar-refractivity contribution in [2.75, 3.05) is 0 Å². The molecule has 0 aliphatic rings. The van der Waals surface area contributed by atoms with Crippen LogP contribution in [0.4, 0.5) is 4.39 Å². The first kappa shape index (κ1) is 12.1. The fraction of sp³-hybridized carbons (Fsp3) is 0.0714. The number of aromatic nitrogens is 1. The molecule has 2 aromatic carbocycles. The van der Waals surface area contributed by atoms with Crippen molar-refractivity contribution in [2.45, 2.75) is 6.54 Å². The Bertz CT molecular complexity index is 726. The first-order valence-corrected chi connectivity index (χ1v) is 6.56. The molecule has 3 rings (SSSR count). The third-order valence-corrected chi connectivity index (χ3v) is 3.54. The molecule has 0 aliphatic heterocycles. The Kier molecular flexibility index (Phi) is 3.15. The zero-order valence-electron chi connectivity index (χ0n) is 9.97. The summed E-state index contributed by atoms with van der Waals surface area (Å²) in [5.74, 6) is -0.230. The van der Waals surface area contributed by atoms with Crippen LogP contribution in [0.15, 0.2) is 42.5 Å². The molecule has 0 spiro atoms. The summed E-state index contributed by atoms with van der Waals surface area (Å²) in [5, 5.41) is 1.48. The Morgan fingerprint density at radius 2 is 2.05 bits per heavy atom. The van der Waals surface area contributed by atoms with Crippen molar-refractivity contribution < 1.29 is 9.13 Å². The molecule has 0 atom stereocenters.